The van der Waals surface area contributed by atoms with Gasteiger partial charge in [0.2, 0.25) is 0 Å². The molecule has 0 saturated heterocycles. The molecule has 0 saturated carbocycles. The van der Waals surface area contributed by atoms with Crippen LogP contribution in [0.4, 0.5) is 0 Å². The van der Waals surface area contributed by atoms with Crippen LogP contribution in [0.1, 0.15) is 40.4 Å². The summed E-state index contributed by atoms with van der Waals surface area (Å²) < 4.78 is 16.4. The van der Waals surface area contributed by atoms with Crippen LogP contribution in [-0.4, -0.2) is 41.8 Å². The number of carbonyl (C=O) groups excluding carboxylic acids is 2. The van der Waals surface area contributed by atoms with Crippen molar-refractivity contribution in [2.45, 2.75) is 13.3 Å². The highest BCUT2D eigenvalue weighted by molar-refractivity contribution is 6.12. The minimum absolute atomic E-state index is 0.0152. The van der Waals surface area contributed by atoms with E-state index in [1.54, 1.807) is 6.07 Å². The number of carbonyl (C=O) groups is 2. The molecule has 0 aliphatic carbocycles. The number of phenols is 2. The number of hydrogen-bond acceptors (Lipinski definition) is 8. The van der Waals surface area contributed by atoms with Gasteiger partial charge in [0.25, 0.3) is 0 Å². The SMILES string of the molecule is CCCOc1ccc(C(=O)c2ccc(OCCOC(=O)C(C#N)=C(c3ccccc3)c3ccccc3)cc2O)c(O)c1. The molecule has 8 heteroatoms. The van der Waals surface area contributed by atoms with E-state index in [9.17, 15) is 25.1 Å². The Morgan fingerprint density at radius 2 is 1.21 bits per heavy atom. The summed E-state index contributed by atoms with van der Waals surface area (Å²) in [5, 5.41) is 30.6. The van der Waals surface area contributed by atoms with Crippen molar-refractivity contribution in [2.24, 2.45) is 0 Å². The Labute approximate surface area is 243 Å². The van der Waals surface area contributed by atoms with Gasteiger partial charge in [-0.15, -0.1) is 0 Å². The van der Waals surface area contributed by atoms with Gasteiger partial charge >= 0.3 is 5.97 Å². The van der Waals surface area contributed by atoms with Crippen LogP contribution in [0.5, 0.6) is 23.0 Å². The first-order valence-corrected chi connectivity index (χ1v) is 13.3. The van der Waals surface area contributed by atoms with Gasteiger partial charge in [0, 0.05) is 17.7 Å². The summed E-state index contributed by atoms with van der Waals surface area (Å²) in [7, 11) is 0. The second-order valence-electron chi connectivity index (χ2n) is 9.11. The van der Waals surface area contributed by atoms with E-state index in [-0.39, 0.29) is 47.2 Å². The number of rotatable bonds is 12. The maximum Gasteiger partial charge on any atom is 0.349 e. The molecule has 0 aliphatic heterocycles. The summed E-state index contributed by atoms with van der Waals surface area (Å²) in [6.45, 7) is 2.20. The summed E-state index contributed by atoms with van der Waals surface area (Å²) in [6, 6.07) is 28.7. The summed E-state index contributed by atoms with van der Waals surface area (Å²) in [6.07, 6.45) is 0.799. The zero-order chi connectivity index (χ0) is 29.9. The van der Waals surface area contributed by atoms with Crippen molar-refractivity contribution in [3.05, 3.63) is 125 Å². The third-order valence-electron chi connectivity index (χ3n) is 6.18. The monoisotopic (exact) mass is 563 g/mol. The highest BCUT2D eigenvalue weighted by Gasteiger charge is 2.21. The third-order valence-corrected chi connectivity index (χ3v) is 6.18. The van der Waals surface area contributed by atoms with Gasteiger partial charge in [0.15, 0.2) is 5.78 Å². The van der Waals surface area contributed by atoms with Gasteiger partial charge in [-0.05, 0) is 41.8 Å². The Bertz CT molecular complexity index is 1580. The molecule has 8 nitrogen and oxygen atoms in total. The highest BCUT2D eigenvalue weighted by atomic mass is 16.6. The molecule has 212 valence electrons. The molecule has 0 heterocycles. The number of phenolic OH excluding ortho intramolecular Hbond substituents is 2. The Hall–Kier alpha value is -5.55. The lowest BCUT2D eigenvalue weighted by molar-refractivity contribution is -0.139. The molecule has 0 unspecified atom stereocenters. The van der Waals surface area contributed by atoms with Crippen LogP contribution in [0.15, 0.2) is 103 Å². The summed E-state index contributed by atoms with van der Waals surface area (Å²) in [5.41, 5.74) is 1.72. The Kier molecular flexibility index (Phi) is 9.94. The summed E-state index contributed by atoms with van der Waals surface area (Å²) >= 11 is 0. The molecule has 0 spiro atoms. The molecule has 0 aliphatic rings. The van der Waals surface area contributed by atoms with Crippen molar-refractivity contribution in [1.82, 2.24) is 0 Å². The third kappa shape index (κ3) is 7.14. The molecular weight excluding hydrogens is 534 g/mol. The molecular formula is C34H29NO7. The molecule has 0 atom stereocenters. The first-order valence-electron chi connectivity index (χ1n) is 13.3. The van der Waals surface area contributed by atoms with Gasteiger partial charge in [-0.3, -0.25) is 4.79 Å². The lowest BCUT2D eigenvalue weighted by Crippen LogP contribution is -2.15. The molecule has 4 aromatic carbocycles. The number of nitrogens with zero attached hydrogens (tertiary/aromatic N) is 1. The van der Waals surface area contributed by atoms with Crippen molar-refractivity contribution < 1.29 is 34.0 Å². The fourth-order valence-electron chi connectivity index (χ4n) is 4.19. The van der Waals surface area contributed by atoms with E-state index in [0.29, 0.717) is 29.1 Å². The largest absolute Gasteiger partial charge is 0.507 e. The number of ether oxygens (including phenoxy) is 3. The molecule has 0 bridgehead atoms. The molecule has 4 aromatic rings. The van der Waals surface area contributed by atoms with E-state index in [1.165, 1.54) is 30.3 Å². The van der Waals surface area contributed by atoms with E-state index in [2.05, 4.69) is 0 Å². The second-order valence-corrected chi connectivity index (χ2v) is 9.11. The van der Waals surface area contributed by atoms with Gasteiger partial charge < -0.3 is 24.4 Å². The van der Waals surface area contributed by atoms with E-state index in [0.717, 1.165) is 6.42 Å². The molecule has 0 amide bonds. The van der Waals surface area contributed by atoms with Crippen LogP contribution in [0.25, 0.3) is 5.57 Å². The predicted octanol–water partition coefficient (Wildman–Crippen LogP) is 6.07. The van der Waals surface area contributed by atoms with Crippen LogP contribution < -0.4 is 9.47 Å². The quantitative estimate of drug-likeness (QED) is 0.0700. The topological polar surface area (TPSA) is 126 Å². The van der Waals surface area contributed by atoms with Gasteiger partial charge in [0.05, 0.1) is 17.7 Å². The number of esters is 1. The zero-order valence-electron chi connectivity index (χ0n) is 22.9. The standard InChI is InChI=1S/C34H29NO7/c1-2-17-40-25-13-15-27(30(36)20-25)33(38)28-16-14-26(21-31(28)37)41-18-19-42-34(39)29(22-35)32(23-9-5-3-6-10-23)24-11-7-4-8-12-24/h3-16,20-21,36-37H,2,17-19H2,1H3. The maximum absolute atomic E-state index is 12.9. The van der Waals surface area contributed by atoms with Crippen LogP contribution >= 0.6 is 0 Å². The molecule has 4 rings (SSSR count). The average Bonchev–Trinajstić information content (AvgIpc) is 3.01. The summed E-state index contributed by atoms with van der Waals surface area (Å²) in [4.78, 5) is 25.8. The second kappa shape index (κ2) is 14.2. The van der Waals surface area contributed by atoms with Crippen molar-refractivity contribution in [1.29, 1.82) is 5.26 Å². The normalized spacial score (nSPS) is 10.3. The summed E-state index contributed by atoms with van der Waals surface area (Å²) in [5.74, 6) is -1.30. The van der Waals surface area contributed by atoms with Gasteiger partial charge in [-0.25, -0.2) is 4.79 Å². The van der Waals surface area contributed by atoms with Crippen LogP contribution in [0, 0.1) is 11.3 Å². The zero-order valence-corrected chi connectivity index (χ0v) is 22.9. The highest BCUT2D eigenvalue weighted by Crippen LogP contribution is 2.31. The number of hydrogen-bond donors (Lipinski definition) is 2. The fraction of sp³-hybridized carbons (Fsp3) is 0.147. The van der Waals surface area contributed by atoms with E-state index in [4.69, 9.17) is 14.2 Å². The van der Waals surface area contributed by atoms with Gasteiger partial charge in [-0.2, -0.15) is 5.26 Å². The minimum atomic E-state index is -0.793. The van der Waals surface area contributed by atoms with Crippen LogP contribution in [0.2, 0.25) is 0 Å². The fourth-order valence-corrected chi connectivity index (χ4v) is 4.19. The maximum atomic E-state index is 12.9. The Morgan fingerprint density at radius 3 is 1.67 bits per heavy atom. The number of benzene rings is 4. The van der Waals surface area contributed by atoms with E-state index >= 15 is 0 Å². The first kappa shape index (κ1) is 29.4. The molecule has 42 heavy (non-hydrogen) atoms. The van der Waals surface area contributed by atoms with E-state index in [1.807, 2.05) is 73.7 Å². The first-order chi connectivity index (χ1) is 20.4. The molecule has 0 radical (unpaired) electrons. The number of ketones is 1. The van der Waals surface area contributed by atoms with Crippen LogP contribution in [-0.2, 0) is 9.53 Å². The Morgan fingerprint density at radius 1 is 0.714 bits per heavy atom. The minimum Gasteiger partial charge on any atom is -0.507 e. The van der Waals surface area contributed by atoms with Gasteiger partial charge in [-0.1, -0.05) is 67.6 Å². The number of aromatic hydroxyl groups is 2. The molecule has 2 N–H and O–H groups in total. The van der Waals surface area contributed by atoms with Crippen molar-refractivity contribution >= 4 is 17.3 Å². The number of nitriles is 1. The molecule has 0 fully saturated rings. The lowest BCUT2D eigenvalue weighted by atomic mass is 9.93. The van der Waals surface area contributed by atoms with Crippen LogP contribution in [0.3, 0.4) is 0 Å². The lowest BCUT2D eigenvalue weighted by Gasteiger charge is -2.13. The Balaban J connectivity index is 1.40. The van der Waals surface area contributed by atoms with Crippen molar-refractivity contribution in [3.63, 3.8) is 0 Å². The average molecular weight is 564 g/mol. The predicted molar refractivity (Wildman–Crippen MR) is 156 cm³/mol. The van der Waals surface area contributed by atoms with Gasteiger partial charge in [0.1, 0.15) is 47.9 Å². The smallest absolute Gasteiger partial charge is 0.349 e. The van der Waals surface area contributed by atoms with Crippen molar-refractivity contribution in [3.8, 4) is 29.1 Å². The van der Waals surface area contributed by atoms with Crippen molar-refractivity contribution in [2.75, 3.05) is 19.8 Å². The molecule has 0 aromatic heterocycles. The van der Waals surface area contributed by atoms with E-state index < -0.39 is 11.8 Å².